The highest BCUT2D eigenvalue weighted by molar-refractivity contribution is 5.69. The number of hydroxylamine groups is 1. The van der Waals surface area contributed by atoms with E-state index in [4.69, 9.17) is 15.4 Å². The van der Waals surface area contributed by atoms with Gasteiger partial charge in [-0.25, -0.2) is 20.5 Å². The highest BCUT2D eigenvalue weighted by atomic mass is 16.5. The fourth-order valence-corrected chi connectivity index (χ4v) is 0. The first-order chi connectivity index (χ1) is 3.68. The Morgan fingerprint density at radius 3 is 2.00 bits per heavy atom. The molecule has 0 rings (SSSR count). The van der Waals surface area contributed by atoms with Crippen molar-refractivity contribution in [2.45, 2.75) is 0 Å². The van der Waals surface area contributed by atoms with Gasteiger partial charge in [0, 0.05) is 0 Å². The van der Waals surface area contributed by atoms with Crippen LogP contribution in [0.2, 0.25) is 0 Å². The summed E-state index contributed by atoms with van der Waals surface area (Å²) in [5.74, 6) is 0. The molecule has 6 nitrogen and oxygen atoms in total. The predicted molar refractivity (Wildman–Crippen MR) is 22.9 cm³/mol. The number of hydrogen-bond acceptors (Lipinski definition) is 4. The van der Waals surface area contributed by atoms with E-state index in [0.717, 1.165) is 6.08 Å². The van der Waals surface area contributed by atoms with Gasteiger partial charge in [-0.3, -0.25) is 5.21 Å². The number of urea groups is 1. The van der Waals surface area contributed by atoms with E-state index in [1.807, 2.05) is 0 Å². The molecule has 0 aliphatic heterocycles. The summed E-state index contributed by atoms with van der Waals surface area (Å²) < 4.78 is 0. The maximum Gasteiger partial charge on any atom is 0.335 e. The third-order valence-electron chi connectivity index (χ3n) is 0.110. The Morgan fingerprint density at radius 2 is 2.00 bits per heavy atom. The number of carbonyl (C=O) groups excluding carboxylic acids is 2. The SMILES string of the molecule is N=C=O.NC(=O)NO. The van der Waals surface area contributed by atoms with Crippen molar-refractivity contribution in [3.8, 4) is 0 Å². The smallest absolute Gasteiger partial charge is 0.335 e. The van der Waals surface area contributed by atoms with Crippen LogP contribution < -0.4 is 11.2 Å². The molecule has 0 aliphatic carbocycles. The summed E-state index contributed by atoms with van der Waals surface area (Å²) in [6, 6.07) is -0.940. The van der Waals surface area contributed by atoms with Crippen molar-refractivity contribution in [1.29, 1.82) is 5.41 Å². The minimum absolute atomic E-state index is 0.750. The number of amides is 2. The van der Waals surface area contributed by atoms with Crippen LogP contribution in [-0.4, -0.2) is 17.3 Å². The van der Waals surface area contributed by atoms with Crippen LogP contribution in [0.1, 0.15) is 0 Å². The fourth-order valence-electron chi connectivity index (χ4n) is 0. The van der Waals surface area contributed by atoms with E-state index >= 15 is 0 Å². The molecule has 0 atom stereocenters. The van der Waals surface area contributed by atoms with Crippen LogP contribution in [0.25, 0.3) is 0 Å². The van der Waals surface area contributed by atoms with Gasteiger partial charge in [-0.05, 0) is 0 Å². The third-order valence-corrected chi connectivity index (χ3v) is 0.110. The zero-order valence-electron chi connectivity index (χ0n) is 3.84. The Labute approximate surface area is 44.8 Å². The summed E-state index contributed by atoms with van der Waals surface area (Å²) >= 11 is 0. The average molecular weight is 119 g/mol. The van der Waals surface area contributed by atoms with Gasteiger partial charge in [-0.2, -0.15) is 0 Å². The number of nitrogens with two attached hydrogens (primary N) is 1. The topological polar surface area (TPSA) is 116 Å². The second kappa shape index (κ2) is 9.15. The molecule has 0 saturated heterocycles. The highest BCUT2D eigenvalue weighted by Crippen LogP contribution is 1.38. The van der Waals surface area contributed by atoms with Gasteiger partial charge in [-0.1, -0.05) is 0 Å². The lowest BCUT2D eigenvalue weighted by molar-refractivity contribution is 0.169. The Hall–Kier alpha value is -1.39. The number of hydrogen-bond donors (Lipinski definition) is 4. The van der Waals surface area contributed by atoms with Gasteiger partial charge in [-0.15, -0.1) is 0 Å². The quantitative estimate of drug-likeness (QED) is 0.141. The molecule has 0 aromatic heterocycles. The Kier molecular flexibility index (Phi) is 11.2. The molecule has 0 aliphatic rings. The van der Waals surface area contributed by atoms with Gasteiger partial charge in [0.15, 0.2) is 0 Å². The van der Waals surface area contributed by atoms with Crippen molar-refractivity contribution in [3.05, 3.63) is 0 Å². The fraction of sp³-hybridized carbons (Fsp3) is 0. The molecular formula is C2H5N3O3. The second-order valence-electron chi connectivity index (χ2n) is 0.578. The molecule has 6 heteroatoms. The zero-order valence-corrected chi connectivity index (χ0v) is 3.84. The van der Waals surface area contributed by atoms with E-state index in [9.17, 15) is 4.79 Å². The van der Waals surface area contributed by atoms with Crippen molar-refractivity contribution in [1.82, 2.24) is 5.48 Å². The standard InChI is InChI=1S/CH4N2O2.CHNO/c2-1(4)3-5;2-1-3/h5H,(H3,2,3,4);2H. The minimum Gasteiger partial charge on any atom is -0.350 e. The summed E-state index contributed by atoms with van der Waals surface area (Å²) in [5, 5.41) is 12.8. The van der Waals surface area contributed by atoms with Gasteiger partial charge >= 0.3 is 6.03 Å². The number of isocyanates is 1. The van der Waals surface area contributed by atoms with Crippen LogP contribution in [0.4, 0.5) is 4.79 Å². The summed E-state index contributed by atoms with van der Waals surface area (Å²) in [6.07, 6.45) is 0.750. The average Bonchev–Trinajstić information content (AvgIpc) is 1.69. The summed E-state index contributed by atoms with van der Waals surface area (Å²) in [6.45, 7) is 0. The highest BCUT2D eigenvalue weighted by Gasteiger charge is 1.75. The van der Waals surface area contributed by atoms with E-state index in [-0.39, 0.29) is 0 Å². The lowest BCUT2D eigenvalue weighted by Crippen LogP contribution is -2.25. The first-order valence-corrected chi connectivity index (χ1v) is 1.42. The molecule has 0 aromatic rings. The first-order valence-electron chi connectivity index (χ1n) is 1.42. The van der Waals surface area contributed by atoms with Gasteiger partial charge in [0.2, 0.25) is 6.08 Å². The van der Waals surface area contributed by atoms with Crippen molar-refractivity contribution in [2.75, 3.05) is 0 Å². The van der Waals surface area contributed by atoms with Gasteiger partial charge in [0.25, 0.3) is 0 Å². The molecular weight excluding hydrogens is 114 g/mol. The van der Waals surface area contributed by atoms with Crippen molar-refractivity contribution in [3.63, 3.8) is 0 Å². The number of nitrogens with one attached hydrogen (secondary N) is 2. The van der Waals surface area contributed by atoms with Crippen LogP contribution >= 0.6 is 0 Å². The largest absolute Gasteiger partial charge is 0.350 e. The third kappa shape index (κ3) is 161. The summed E-state index contributed by atoms with van der Waals surface area (Å²) in [7, 11) is 0. The number of rotatable bonds is 0. The minimum atomic E-state index is -0.940. The van der Waals surface area contributed by atoms with E-state index in [2.05, 4.69) is 5.73 Å². The Bertz CT molecular complexity index is 94.7. The van der Waals surface area contributed by atoms with E-state index < -0.39 is 6.03 Å². The molecule has 46 valence electrons. The molecule has 0 radical (unpaired) electrons. The number of primary amides is 1. The lowest BCUT2D eigenvalue weighted by Gasteiger charge is -1.79. The predicted octanol–water partition coefficient (Wildman–Crippen LogP) is -1.06. The van der Waals surface area contributed by atoms with Crippen molar-refractivity contribution < 1.29 is 14.8 Å². The molecule has 8 heavy (non-hydrogen) atoms. The maximum atomic E-state index is 9.23. The molecule has 0 spiro atoms. The lowest BCUT2D eigenvalue weighted by atomic mass is 11.2. The molecule has 5 N–H and O–H groups in total. The molecule has 0 aromatic carbocycles. The Morgan fingerprint density at radius 1 is 1.88 bits per heavy atom. The Balaban J connectivity index is 0. The van der Waals surface area contributed by atoms with Gasteiger partial charge in [0.1, 0.15) is 0 Å². The van der Waals surface area contributed by atoms with E-state index in [1.165, 1.54) is 5.48 Å². The van der Waals surface area contributed by atoms with Crippen LogP contribution in [0.3, 0.4) is 0 Å². The van der Waals surface area contributed by atoms with Crippen LogP contribution in [0.5, 0.6) is 0 Å². The zero-order chi connectivity index (χ0) is 6.99. The van der Waals surface area contributed by atoms with Crippen molar-refractivity contribution in [2.24, 2.45) is 5.73 Å². The monoisotopic (exact) mass is 119 g/mol. The molecule has 0 saturated carbocycles. The molecule has 0 bridgehead atoms. The first kappa shape index (κ1) is 9.79. The van der Waals surface area contributed by atoms with Crippen LogP contribution in [-0.2, 0) is 4.79 Å². The van der Waals surface area contributed by atoms with Crippen molar-refractivity contribution >= 4 is 12.1 Å². The molecule has 0 fully saturated rings. The molecule has 0 unspecified atom stereocenters. The molecule has 2 amide bonds. The van der Waals surface area contributed by atoms with Gasteiger partial charge < -0.3 is 5.73 Å². The summed E-state index contributed by atoms with van der Waals surface area (Å²) in [4.78, 5) is 17.6. The second-order valence-corrected chi connectivity index (χ2v) is 0.578. The van der Waals surface area contributed by atoms with Crippen LogP contribution in [0.15, 0.2) is 0 Å². The molecule has 0 heterocycles. The maximum absolute atomic E-state index is 9.23. The van der Waals surface area contributed by atoms with E-state index in [1.54, 1.807) is 0 Å². The van der Waals surface area contributed by atoms with Gasteiger partial charge in [0.05, 0.1) is 0 Å². The van der Waals surface area contributed by atoms with E-state index in [0.29, 0.717) is 0 Å². The summed E-state index contributed by atoms with van der Waals surface area (Å²) in [5.41, 5.74) is 5.46. The van der Waals surface area contributed by atoms with Crippen LogP contribution in [0, 0.1) is 5.41 Å². The number of carbonyl (C=O) groups is 1. The normalized spacial score (nSPS) is 5.12.